The molecule has 0 saturated carbocycles. The van der Waals surface area contributed by atoms with Crippen LogP contribution < -0.4 is 10.6 Å². The largest absolute Gasteiger partial charge is 0.349 e. The van der Waals surface area contributed by atoms with Gasteiger partial charge in [-0.2, -0.15) is 0 Å². The fourth-order valence-electron chi connectivity index (χ4n) is 3.21. The van der Waals surface area contributed by atoms with Crippen LogP contribution in [-0.4, -0.2) is 30.8 Å². The minimum Gasteiger partial charge on any atom is -0.349 e. The maximum Gasteiger partial charge on any atom is 0.252 e. The van der Waals surface area contributed by atoms with Crippen molar-refractivity contribution in [2.75, 3.05) is 13.1 Å². The molecule has 4 nitrogen and oxygen atoms in total. The molecule has 1 aliphatic rings. The summed E-state index contributed by atoms with van der Waals surface area (Å²) < 4.78 is 0. The van der Waals surface area contributed by atoms with Gasteiger partial charge in [0, 0.05) is 17.2 Å². The van der Waals surface area contributed by atoms with Crippen LogP contribution in [0.3, 0.4) is 0 Å². The average molecular weight is 373 g/mol. The monoisotopic (exact) mass is 372 g/mol. The number of halogens is 1. The van der Waals surface area contributed by atoms with Crippen LogP contribution >= 0.6 is 12.4 Å². The standard InChI is InChI=1S/C21H24N2O2.ClH/c1-14-7-9-16(10-8-14)20(24)17-5-3-4-6-18(17)21(25)23-19-11-12-22-13-15(19)2;/h3-10,15,19,22H,11-13H2,1-2H3,(H,23,25);1H. The second kappa shape index (κ2) is 8.97. The number of carbonyl (C=O) groups is 2. The van der Waals surface area contributed by atoms with Crippen LogP contribution in [0.1, 0.15) is 45.2 Å². The van der Waals surface area contributed by atoms with Crippen LogP contribution in [0.25, 0.3) is 0 Å². The number of rotatable bonds is 4. The van der Waals surface area contributed by atoms with E-state index in [4.69, 9.17) is 0 Å². The van der Waals surface area contributed by atoms with E-state index in [9.17, 15) is 9.59 Å². The number of carbonyl (C=O) groups excluding carboxylic acids is 2. The van der Waals surface area contributed by atoms with Gasteiger partial charge in [0.15, 0.2) is 5.78 Å². The molecule has 2 N–H and O–H groups in total. The first-order valence-corrected chi connectivity index (χ1v) is 8.78. The molecule has 26 heavy (non-hydrogen) atoms. The SMILES string of the molecule is Cc1ccc(C(=O)c2ccccc2C(=O)NC2CCNCC2C)cc1.Cl. The van der Waals surface area contributed by atoms with Crippen molar-refractivity contribution >= 4 is 24.1 Å². The Balaban J connectivity index is 0.00000243. The van der Waals surface area contributed by atoms with Crippen molar-refractivity contribution in [1.82, 2.24) is 10.6 Å². The molecule has 0 bridgehead atoms. The molecule has 1 saturated heterocycles. The van der Waals surface area contributed by atoms with Crippen LogP contribution in [0, 0.1) is 12.8 Å². The van der Waals surface area contributed by atoms with E-state index in [0.29, 0.717) is 22.6 Å². The minimum absolute atomic E-state index is 0. The number of hydrogen-bond acceptors (Lipinski definition) is 3. The Morgan fingerprint density at radius 1 is 1.04 bits per heavy atom. The van der Waals surface area contributed by atoms with Gasteiger partial charge < -0.3 is 10.6 Å². The number of amides is 1. The van der Waals surface area contributed by atoms with E-state index in [1.54, 1.807) is 36.4 Å². The van der Waals surface area contributed by atoms with Crippen molar-refractivity contribution in [3.63, 3.8) is 0 Å². The summed E-state index contributed by atoms with van der Waals surface area (Å²) in [5, 5.41) is 6.44. The zero-order chi connectivity index (χ0) is 17.8. The van der Waals surface area contributed by atoms with Crippen LogP contribution in [0.4, 0.5) is 0 Å². The van der Waals surface area contributed by atoms with Crippen molar-refractivity contribution in [2.24, 2.45) is 5.92 Å². The van der Waals surface area contributed by atoms with Crippen molar-refractivity contribution < 1.29 is 9.59 Å². The van der Waals surface area contributed by atoms with E-state index in [1.165, 1.54) is 0 Å². The van der Waals surface area contributed by atoms with E-state index in [1.807, 2.05) is 19.1 Å². The number of piperidine rings is 1. The lowest BCUT2D eigenvalue weighted by Gasteiger charge is -2.30. The highest BCUT2D eigenvalue weighted by molar-refractivity contribution is 6.15. The minimum atomic E-state index is -0.171. The van der Waals surface area contributed by atoms with Gasteiger partial charge in [-0.15, -0.1) is 12.4 Å². The van der Waals surface area contributed by atoms with Crippen molar-refractivity contribution in [3.05, 3.63) is 70.8 Å². The van der Waals surface area contributed by atoms with Crippen LogP contribution in [0.2, 0.25) is 0 Å². The Kier molecular flexibility index (Phi) is 6.95. The van der Waals surface area contributed by atoms with Crippen LogP contribution in [0.5, 0.6) is 0 Å². The number of hydrogen-bond donors (Lipinski definition) is 2. The molecular formula is C21H25ClN2O2. The zero-order valence-electron chi connectivity index (χ0n) is 15.1. The number of aryl methyl sites for hydroxylation is 1. The van der Waals surface area contributed by atoms with Gasteiger partial charge in [0.05, 0.1) is 5.56 Å². The van der Waals surface area contributed by atoms with E-state index < -0.39 is 0 Å². The van der Waals surface area contributed by atoms with Gasteiger partial charge >= 0.3 is 0 Å². The first-order valence-electron chi connectivity index (χ1n) is 8.78. The molecule has 0 aromatic heterocycles. The van der Waals surface area contributed by atoms with E-state index in [-0.39, 0.29) is 30.1 Å². The predicted octanol–water partition coefficient (Wildman–Crippen LogP) is 3.38. The Morgan fingerprint density at radius 3 is 2.35 bits per heavy atom. The lowest BCUT2D eigenvalue weighted by molar-refractivity contribution is 0.0905. The summed E-state index contributed by atoms with van der Waals surface area (Å²) in [5.74, 6) is 0.0802. The molecule has 0 radical (unpaired) electrons. The first kappa shape index (κ1) is 20.1. The van der Waals surface area contributed by atoms with Gasteiger partial charge in [0.25, 0.3) is 5.91 Å². The average Bonchev–Trinajstić information content (AvgIpc) is 2.63. The van der Waals surface area contributed by atoms with Crippen molar-refractivity contribution in [3.8, 4) is 0 Å². The fourth-order valence-corrected chi connectivity index (χ4v) is 3.21. The van der Waals surface area contributed by atoms with Crippen LogP contribution in [0.15, 0.2) is 48.5 Å². The first-order chi connectivity index (χ1) is 12.1. The highest BCUT2D eigenvalue weighted by atomic mass is 35.5. The fraction of sp³-hybridized carbons (Fsp3) is 0.333. The molecule has 1 fully saturated rings. The zero-order valence-corrected chi connectivity index (χ0v) is 15.9. The van der Waals surface area contributed by atoms with E-state index in [2.05, 4.69) is 17.6 Å². The molecule has 1 amide bonds. The Morgan fingerprint density at radius 2 is 1.69 bits per heavy atom. The quantitative estimate of drug-likeness (QED) is 0.809. The molecule has 138 valence electrons. The van der Waals surface area contributed by atoms with Crippen molar-refractivity contribution in [1.29, 1.82) is 0 Å². The van der Waals surface area contributed by atoms with Gasteiger partial charge in [-0.05, 0) is 38.4 Å². The third-order valence-electron chi connectivity index (χ3n) is 4.83. The van der Waals surface area contributed by atoms with Gasteiger partial charge in [0.2, 0.25) is 0 Å². The maximum atomic E-state index is 12.8. The van der Waals surface area contributed by atoms with Gasteiger partial charge in [-0.1, -0.05) is 55.0 Å². The lowest BCUT2D eigenvalue weighted by atomic mass is 9.93. The topological polar surface area (TPSA) is 58.2 Å². The molecule has 2 aromatic rings. The number of ketones is 1. The molecule has 3 rings (SSSR count). The third kappa shape index (κ3) is 4.51. The van der Waals surface area contributed by atoms with Crippen LogP contribution in [-0.2, 0) is 0 Å². The lowest BCUT2D eigenvalue weighted by Crippen LogP contribution is -2.48. The van der Waals surface area contributed by atoms with E-state index in [0.717, 1.165) is 25.1 Å². The smallest absolute Gasteiger partial charge is 0.252 e. The summed E-state index contributed by atoms with van der Waals surface area (Å²) in [5.41, 5.74) is 2.59. The molecule has 2 unspecified atom stereocenters. The molecule has 0 spiro atoms. The normalized spacial score (nSPS) is 19.3. The highest BCUT2D eigenvalue weighted by Crippen LogP contribution is 2.17. The number of nitrogens with one attached hydrogen (secondary N) is 2. The van der Waals surface area contributed by atoms with Gasteiger partial charge in [-0.25, -0.2) is 0 Å². The third-order valence-corrected chi connectivity index (χ3v) is 4.83. The summed E-state index contributed by atoms with van der Waals surface area (Å²) in [4.78, 5) is 25.6. The van der Waals surface area contributed by atoms with Crippen molar-refractivity contribution in [2.45, 2.75) is 26.3 Å². The van der Waals surface area contributed by atoms with E-state index >= 15 is 0 Å². The molecule has 5 heteroatoms. The summed E-state index contributed by atoms with van der Waals surface area (Å²) >= 11 is 0. The molecule has 0 aliphatic carbocycles. The molecule has 1 aliphatic heterocycles. The summed E-state index contributed by atoms with van der Waals surface area (Å²) in [6.07, 6.45) is 0.904. The molecule has 1 heterocycles. The second-order valence-corrected chi connectivity index (χ2v) is 6.79. The summed E-state index contributed by atoms with van der Waals surface area (Å²) in [6, 6.07) is 14.6. The van der Waals surface area contributed by atoms with Gasteiger partial charge in [0.1, 0.15) is 0 Å². The Bertz CT molecular complexity index is 774. The Hall–Kier alpha value is -2.17. The molecule has 2 aromatic carbocycles. The highest BCUT2D eigenvalue weighted by Gasteiger charge is 2.25. The van der Waals surface area contributed by atoms with Gasteiger partial charge in [-0.3, -0.25) is 9.59 Å². The Labute approximate surface area is 160 Å². The number of benzene rings is 2. The summed E-state index contributed by atoms with van der Waals surface area (Å²) in [6.45, 7) is 5.91. The maximum absolute atomic E-state index is 12.8. The summed E-state index contributed by atoms with van der Waals surface area (Å²) in [7, 11) is 0. The molecule has 2 atom stereocenters. The second-order valence-electron chi connectivity index (χ2n) is 6.79. The predicted molar refractivity (Wildman–Crippen MR) is 106 cm³/mol. The molecular weight excluding hydrogens is 348 g/mol.